The van der Waals surface area contributed by atoms with Gasteiger partial charge in [-0.05, 0) is 13.8 Å². The fourth-order valence-corrected chi connectivity index (χ4v) is 1.73. The van der Waals surface area contributed by atoms with Gasteiger partial charge < -0.3 is 15.5 Å². The number of rotatable bonds is 7. The molecule has 0 aliphatic heterocycles. The highest BCUT2D eigenvalue weighted by atomic mass is 16.2. The molecule has 0 unspecified atom stereocenters. The number of amides is 1. The average Bonchev–Trinajstić information content (AvgIpc) is 2.45. The fourth-order valence-electron chi connectivity index (χ4n) is 1.73. The smallest absolute Gasteiger partial charge is 0.241 e. The average molecular weight is 265 g/mol. The Labute approximate surface area is 114 Å². The van der Waals surface area contributed by atoms with Crippen LogP contribution in [0.3, 0.4) is 0 Å². The van der Waals surface area contributed by atoms with E-state index < -0.39 is 0 Å². The molecule has 1 aromatic heterocycles. The highest BCUT2D eigenvalue weighted by Gasteiger charge is 2.10. The van der Waals surface area contributed by atoms with E-state index in [1.807, 2.05) is 27.8 Å². The minimum Gasteiger partial charge on any atom is -0.373 e. The number of carbonyl (C=O) groups excluding carboxylic acids is 1. The number of aryl methyl sites for hydroxylation is 1. The zero-order valence-corrected chi connectivity index (χ0v) is 12.2. The predicted molar refractivity (Wildman–Crippen MR) is 77.4 cm³/mol. The van der Waals surface area contributed by atoms with Crippen LogP contribution in [-0.2, 0) is 11.2 Å². The van der Waals surface area contributed by atoms with Gasteiger partial charge in [0.1, 0.15) is 17.5 Å². The highest BCUT2D eigenvalue weighted by Crippen LogP contribution is 2.11. The molecule has 1 aromatic rings. The number of nitrogens with zero attached hydrogens (tertiary/aromatic N) is 3. The summed E-state index contributed by atoms with van der Waals surface area (Å²) in [6.45, 7) is 7.65. The molecule has 0 aromatic carbocycles. The quantitative estimate of drug-likeness (QED) is 0.779. The van der Waals surface area contributed by atoms with Crippen LogP contribution in [0.1, 0.15) is 26.6 Å². The molecule has 6 nitrogen and oxygen atoms in total. The van der Waals surface area contributed by atoms with E-state index in [0.29, 0.717) is 5.82 Å². The van der Waals surface area contributed by atoms with Crippen molar-refractivity contribution in [2.24, 2.45) is 0 Å². The molecule has 1 amide bonds. The summed E-state index contributed by atoms with van der Waals surface area (Å²) in [5.74, 6) is 2.26. The first-order valence-electron chi connectivity index (χ1n) is 6.71. The summed E-state index contributed by atoms with van der Waals surface area (Å²) in [6.07, 6.45) is 0.758. The number of hydrogen-bond acceptors (Lipinski definition) is 5. The third kappa shape index (κ3) is 4.39. The Morgan fingerprint density at radius 2 is 1.84 bits per heavy atom. The van der Waals surface area contributed by atoms with Crippen LogP contribution in [0.5, 0.6) is 0 Å². The van der Waals surface area contributed by atoms with Crippen molar-refractivity contribution in [2.45, 2.75) is 27.2 Å². The van der Waals surface area contributed by atoms with Gasteiger partial charge in [-0.25, -0.2) is 9.97 Å². The van der Waals surface area contributed by atoms with Gasteiger partial charge in [-0.3, -0.25) is 4.79 Å². The van der Waals surface area contributed by atoms with Gasteiger partial charge in [-0.2, -0.15) is 0 Å². The largest absolute Gasteiger partial charge is 0.373 e. The maximum Gasteiger partial charge on any atom is 0.241 e. The van der Waals surface area contributed by atoms with Crippen LogP contribution in [-0.4, -0.2) is 47.5 Å². The minimum absolute atomic E-state index is 0.0765. The van der Waals surface area contributed by atoms with E-state index in [1.54, 1.807) is 11.0 Å². The predicted octanol–water partition coefficient (Wildman–Crippen LogP) is 1.36. The molecule has 0 aliphatic rings. The number of nitrogens with one attached hydrogen (secondary N) is 2. The van der Waals surface area contributed by atoms with Crippen molar-refractivity contribution in [2.75, 3.05) is 37.3 Å². The standard InChI is InChI=1S/C13H23N5O/c1-5-10-16-11(14-4)8-12(17-10)15-9-13(19)18(6-2)7-3/h8H,5-7,9H2,1-4H3,(H2,14,15,16,17). The van der Waals surface area contributed by atoms with E-state index in [2.05, 4.69) is 20.6 Å². The van der Waals surface area contributed by atoms with Crippen LogP contribution < -0.4 is 10.6 Å². The summed E-state index contributed by atoms with van der Waals surface area (Å²) < 4.78 is 0. The lowest BCUT2D eigenvalue weighted by Crippen LogP contribution is -2.35. The van der Waals surface area contributed by atoms with Crippen LogP contribution in [0.25, 0.3) is 0 Å². The van der Waals surface area contributed by atoms with Crippen molar-refractivity contribution in [1.82, 2.24) is 14.9 Å². The molecular formula is C13H23N5O. The summed E-state index contributed by atoms with van der Waals surface area (Å²) in [7, 11) is 1.81. The maximum atomic E-state index is 11.9. The second kappa shape index (κ2) is 7.56. The Morgan fingerprint density at radius 3 is 2.37 bits per heavy atom. The molecule has 1 heterocycles. The van der Waals surface area contributed by atoms with Gasteiger partial charge in [0, 0.05) is 32.6 Å². The van der Waals surface area contributed by atoms with Crippen molar-refractivity contribution in [3.05, 3.63) is 11.9 Å². The van der Waals surface area contributed by atoms with Crippen LogP contribution in [0, 0.1) is 0 Å². The molecule has 19 heavy (non-hydrogen) atoms. The summed E-state index contributed by atoms with van der Waals surface area (Å²) in [5, 5.41) is 6.05. The monoisotopic (exact) mass is 265 g/mol. The summed E-state index contributed by atoms with van der Waals surface area (Å²) in [4.78, 5) is 22.3. The molecule has 6 heteroatoms. The van der Waals surface area contributed by atoms with E-state index in [1.165, 1.54) is 0 Å². The molecule has 0 saturated carbocycles. The van der Waals surface area contributed by atoms with Gasteiger partial charge in [0.25, 0.3) is 0 Å². The molecule has 2 N–H and O–H groups in total. The zero-order chi connectivity index (χ0) is 14.3. The second-order valence-corrected chi connectivity index (χ2v) is 4.08. The molecule has 0 bridgehead atoms. The maximum absolute atomic E-state index is 11.9. The van der Waals surface area contributed by atoms with Crippen LogP contribution in [0.2, 0.25) is 0 Å². The summed E-state index contributed by atoms with van der Waals surface area (Å²) >= 11 is 0. The van der Waals surface area contributed by atoms with Gasteiger partial charge >= 0.3 is 0 Å². The van der Waals surface area contributed by atoms with Gasteiger partial charge in [0.15, 0.2) is 0 Å². The Kier molecular flexibility index (Phi) is 6.05. The fraction of sp³-hybridized carbons (Fsp3) is 0.615. The number of aromatic nitrogens is 2. The molecule has 1 rings (SSSR count). The number of hydrogen-bond donors (Lipinski definition) is 2. The van der Waals surface area contributed by atoms with Crippen molar-refractivity contribution in [3.8, 4) is 0 Å². The van der Waals surface area contributed by atoms with E-state index in [9.17, 15) is 4.79 Å². The lowest BCUT2D eigenvalue weighted by molar-refractivity contribution is -0.128. The first-order valence-corrected chi connectivity index (χ1v) is 6.71. The lowest BCUT2D eigenvalue weighted by Gasteiger charge is -2.19. The zero-order valence-electron chi connectivity index (χ0n) is 12.2. The topological polar surface area (TPSA) is 70.2 Å². The summed E-state index contributed by atoms with van der Waals surface area (Å²) in [5.41, 5.74) is 0. The van der Waals surface area contributed by atoms with Gasteiger partial charge in [-0.1, -0.05) is 6.92 Å². The van der Waals surface area contributed by atoms with Crippen molar-refractivity contribution in [1.29, 1.82) is 0 Å². The van der Waals surface area contributed by atoms with Crippen molar-refractivity contribution >= 4 is 17.5 Å². The Hall–Kier alpha value is -1.85. The van der Waals surface area contributed by atoms with E-state index in [4.69, 9.17) is 0 Å². The molecule has 0 atom stereocenters. The molecule has 0 radical (unpaired) electrons. The molecular weight excluding hydrogens is 242 g/mol. The molecule has 106 valence electrons. The lowest BCUT2D eigenvalue weighted by atomic mass is 10.4. The van der Waals surface area contributed by atoms with E-state index in [0.717, 1.165) is 31.2 Å². The second-order valence-electron chi connectivity index (χ2n) is 4.08. The number of likely N-dealkylation sites (N-methyl/N-ethyl adjacent to an activating group) is 1. The highest BCUT2D eigenvalue weighted by molar-refractivity contribution is 5.80. The Balaban J connectivity index is 2.69. The third-order valence-corrected chi connectivity index (χ3v) is 2.88. The first-order chi connectivity index (χ1) is 9.14. The summed E-state index contributed by atoms with van der Waals surface area (Å²) in [6, 6.07) is 1.80. The van der Waals surface area contributed by atoms with Gasteiger partial charge in [-0.15, -0.1) is 0 Å². The number of anilines is 2. The normalized spacial score (nSPS) is 10.1. The molecule has 0 aliphatic carbocycles. The first kappa shape index (κ1) is 15.2. The van der Waals surface area contributed by atoms with E-state index >= 15 is 0 Å². The van der Waals surface area contributed by atoms with Gasteiger partial charge in [0.2, 0.25) is 5.91 Å². The minimum atomic E-state index is 0.0765. The van der Waals surface area contributed by atoms with Gasteiger partial charge in [0.05, 0.1) is 6.54 Å². The molecule has 0 saturated heterocycles. The SMILES string of the molecule is CCc1nc(NC)cc(NCC(=O)N(CC)CC)n1. The Bertz CT molecular complexity index is 395. The van der Waals surface area contributed by atoms with E-state index in [-0.39, 0.29) is 12.5 Å². The van der Waals surface area contributed by atoms with Crippen molar-refractivity contribution in [3.63, 3.8) is 0 Å². The number of carbonyl (C=O) groups is 1. The van der Waals surface area contributed by atoms with Crippen molar-refractivity contribution < 1.29 is 4.79 Å². The Morgan fingerprint density at radius 1 is 1.21 bits per heavy atom. The third-order valence-electron chi connectivity index (χ3n) is 2.88. The van der Waals surface area contributed by atoms with Crippen LogP contribution in [0.4, 0.5) is 11.6 Å². The molecule has 0 fully saturated rings. The van der Waals surface area contributed by atoms with Crippen LogP contribution in [0.15, 0.2) is 6.07 Å². The van der Waals surface area contributed by atoms with Crippen LogP contribution >= 0.6 is 0 Å². The molecule has 0 spiro atoms.